The van der Waals surface area contributed by atoms with Gasteiger partial charge >= 0.3 is 0 Å². The molecule has 0 aliphatic rings. The van der Waals surface area contributed by atoms with Gasteiger partial charge in [-0.05, 0) is 18.2 Å². The van der Waals surface area contributed by atoms with Gasteiger partial charge in [-0.3, -0.25) is 9.59 Å². The highest BCUT2D eigenvalue weighted by atomic mass is 19.1. The lowest BCUT2D eigenvalue weighted by Crippen LogP contribution is -2.35. The van der Waals surface area contributed by atoms with E-state index in [1.807, 2.05) is 0 Å². The summed E-state index contributed by atoms with van der Waals surface area (Å²) in [6, 6.07) is 3.82. The first-order valence-electron chi connectivity index (χ1n) is 5.38. The van der Waals surface area contributed by atoms with Gasteiger partial charge in [0, 0.05) is 12.6 Å². The average Bonchev–Trinajstić information content (AvgIpc) is 2.34. The highest BCUT2D eigenvalue weighted by Crippen LogP contribution is 2.12. The lowest BCUT2D eigenvalue weighted by molar-refractivity contribution is -0.118. The second kappa shape index (κ2) is 6.52. The second-order valence-electron chi connectivity index (χ2n) is 3.78. The zero-order valence-electron chi connectivity index (χ0n) is 10.3. The number of hydrogen-bond acceptors (Lipinski definition) is 3. The van der Waals surface area contributed by atoms with Crippen LogP contribution in [0.5, 0.6) is 0 Å². The van der Waals surface area contributed by atoms with Crippen molar-refractivity contribution in [3.63, 3.8) is 0 Å². The Bertz CT molecular complexity index is 561. The van der Waals surface area contributed by atoms with Crippen LogP contribution in [0.1, 0.15) is 15.9 Å². The number of hydrogen-bond donors (Lipinski definition) is 2. The molecule has 0 spiro atoms. The number of aliphatic hydroxyl groups is 1. The lowest BCUT2D eigenvalue weighted by Gasteiger charge is -2.15. The largest absolute Gasteiger partial charge is 0.384 e. The fourth-order valence-corrected chi connectivity index (χ4v) is 1.42. The molecule has 1 rings (SSSR count). The minimum absolute atomic E-state index is 0.168. The smallest absolute Gasteiger partial charge is 0.257 e. The molecule has 19 heavy (non-hydrogen) atoms. The number of primary amides is 1. The number of amides is 2. The minimum atomic E-state index is -0.744. The molecule has 0 bridgehead atoms. The maximum absolute atomic E-state index is 13.7. The summed E-state index contributed by atoms with van der Waals surface area (Å²) in [5.41, 5.74) is 5.14. The molecule has 0 atom stereocenters. The number of aliphatic hydroxyl groups excluding tert-OH is 1. The van der Waals surface area contributed by atoms with Crippen LogP contribution in [0.15, 0.2) is 18.2 Å². The van der Waals surface area contributed by atoms with Crippen LogP contribution >= 0.6 is 0 Å². The molecule has 6 heteroatoms. The fourth-order valence-electron chi connectivity index (χ4n) is 1.42. The molecule has 0 saturated carbocycles. The van der Waals surface area contributed by atoms with E-state index in [9.17, 15) is 14.0 Å². The van der Waals surface area contributed by atoms with Crippen molar-refractivity contribution in [2.75, 3.05) is 20.2 Å². The van der Waals surface area contributed by atoms with Gasteiger partial charge in [-0.25, -0.2) is 4.39 Å². The maximum Gasteiger partial charge on any atom is 0.257 e. The zero-order chi connectivity index (χ0) is 14.4. The Balaban J connectivity index is 2.96. The molecule has 0 aromatic heterocycles. The first kappa shape index (κ1) is 14.7. The standard InChI is InChI=1S/C13H13FN2O3/c1-16(8-12(15)18)13(19)10-5-4-9(3-2-6-17)7-11(10)14/h4-5,7,17H,6,8H2,1H3,(H2,15,18). The molecule has 1 aromatic carbocycles. The molecule has 0 heterocycles. The summed E-state index contributed by atoms with van der Waals surface area (Å²) >= 11 is 0. The predicted molar refractivity (Wildman–Crippen MR) is 66.5 cm³/mol. The summed E-state index contributed by atoms with van der Waals surface area (Å²) in [6.07, 6.45) is 0. The predicted octanol–water partition coefficient (Wildman–Crippen LogP) is -0.273. The van der Waals surface area contributed by atoms with Crippen LogP contribution in [-0.2, 0) is 4.79 Å². The molecule has 100 valence electrons. The highest BCUT2D eigenvalue weighted by Gasteiger charge is 2.17. The van der Waals surface area contributed by atoms with Crippen LogP contribution < -0.4 is 5.73 Å². The van der Waals surface area contributed by atoms with Gasteiger partial charge in [0.2, 0.25) is 5.91 Å². The Morgan fingerprint density at radius 1 is 1.47 bits per heavy atom. The van der Waals surface area contributed by atoms with Crippen LogP contribution in [0.2, 0.25) is 0 Å². The van der Waals surface area contributed by atoms with Gasteiger partial charge in [0.15, 0.2) is 0 Å². The SMILES string of the molecule is CN(CC(N)=O)C(=O)c1ccc(C#CCO)cc1F. The summed E-state index contributed by atoms with van der Waals surface area (Å²) < 4.78 is 13.7. The molecular formula is C13H13FN2O3. The molecule has 0 saturated heterocycles. The van der Waals surface area contributed by atoms with Gasteiger partial charge < -0.3 is 15.7 Å². The van der Waals surface area contributed by atoms with Crippen molar-refractivity contribution < 1.29 is 19.1 Å². The summed E-state index contributed by atoms with van der Waals surface area (Å²) in [5, 5.41) is 8.52. The van der Waals surface area contributed by atoms with Crippen LogP contribution in [0.3, 0.4) is 0 Å². The lowest BCUT2D eigenvalue weighted by atomic mass is 10.1. The Morgan fingerprint density at radius 3 is 2.68 bits per heavy atom. The molecule has 1 aromatic rings. The van der Waals surface area contributed by atoms with E-state index in [2.05, 4.69) is 11.8 Å². The van der Waals surface area contributed by atoms with Crippen LogP contribution in [0.4, 0.5) is 4.39 Å². The van der Waals surface area contributed by atoms with E-state index >= 15 is 0 Å². The first-order chi connectivity index (χ1) is 8.95. The van der Waals surface area contributed by atoms with Gasteiger partial charge in [0.05, 0.1) is 12.1 Å². The van der Waals surface area contributed by atoms with Gasteiger partial charge in [0.1, 0.15) is 12.4 Å². The van der Waals surface area contributed by atoms with Gasteiger partial charge in [-0.2, -0.15) is 0 Å². The van der Waals surface area contributed by atoms with E-state index in [0.29, 0.717) is 5.56 Å². The first-order valence-corrected chi connectivity index (χ1v) is 5.38. The number of halogens is 1. The summed E-state index contributed by atoms with van der Waals surface area (Å²) in [6.45, 7) is -0.617. The van der Waals surface area contributed by atoms with E-state index in [0.717, 1.165) is 11.0 Å². The van der Waals surface area contributed by atoms with Crippen LogP contribution in [0, 0.1) is 17.7 Å². The van der Waals surface area contributed by atoms with Crippen molar-refractivity contribution in [1.82, 2.24) is 4.90 Å². The maximum atomic E-state index is 13.7. The Kier molecular flexibility index (Phi) is 5.03. The second-order valence-corrected chi connectivity index (χ2v) is 3.78. The van der Waals surface area contributed by atoms with Crippen molar-refractivity contribution in [2.45, 2.75) is 0 Å². The molecule has 0 aliphatic carbocycles. The van der Waals surface area contributed by atoms with E-state index in [1.165, 1.54) is 19.2 Å². The third kappa shape index (κ3) is 4.08. The number of carbonyl (C=O) groups is 2. The Labute approximate surface area is 109 Å². The van der Waals surface area contributed by atoms with Gasteiger partial charge in [-0.1, -0.05) is 11.8 Å². The average molecular weight is 264 g/mol. The number of nitrogens with zero attached hydrogens (tertiary/aromatic N) is 1. The van der Waals surface area contributed by atoms with Crippen molar-refractivity contribution in [3.05, 3.63) is 35.1 Å². The number of carbonyl (C=O) groups excluding carboxylic acids is 2. The number of nitrogens with two attached hydrogens (primary N) is 1. The van der Waals surface area contributed by atoms with Crippen LogP contribution in [-0.4, -0.2) is 42.0 Å². The fraction of sp³-hybridized carbons (Fsp3) is 0.231. The van der Waals surface area contributed by atoms with E-state index < -0.39 is 17.6 Å². The van der Waals surface area contributed by atoms with E-state index in [1.54, 1.807) is 0 Å². The van der Waals surface area contributed by atoms with Crippen molar-refractivity contribution in [1.29, 1.82) is 0 Å². The normalized spacial score (nSPS) is 9.42. The number of rotatable bonds is 3. The Morgan fingerprint density at radius 2 is 2.16 bits per heavy atom. The topological polar surface area (TPSA) is 83.6 Å². The number of benzene rings is 1. The molecule has 3 N–H and O–H groups in total. The molecule has 0 aliphatic heterocycles. The monoisotopic (exact) mass is 264 g/mol. The summed E-state index contributed by atoms with van der Waals surface area (Å²) in [5.74, 6) is 2.83. The number of likely N-dealkylation sites (N-methyl/N-ethyl adjacent to an activating group) is 1. The molecule has 5 nitrogen and oxygen atoms in total. The molecule has 2 amide bonds. The quantitative estimate of drug-likeness (QED) is 0.737. The van der Waals surface area contributed by atoms with E-state index in [4.69, 9.17) is 10.8 Å². The molecule has 0 fully saturated rings. The summed E-state index contributed by atoms with van der Waals surface area (Å²) in [7, 11) is 1.35. The summed E-state index contributed by atoms with van der Waals surface area (Å²) in [4.78, 5) is 23.6. The van der Waals surface area contributed by atoms with Gasteiger partial charge in [0.25, 0.3) is 5.91 Å². The van der Waals surface area contributed by atoms with Crippen molar-refractivity contribution in [3.8, 4) is 11.8 Å². The van der Waals surface area contributed by atoms with Crippen molar-refractivity contribution >= 4 is 11.8 Å². The van der Waals surface area contributed by atoms with Crippen LogP contribution in [0.25, 0.3) is 0 Å². The zero-order valence-corrected chi connectivity index (χ0v) is 10.3. The van der Waals surface area contributed by atoms with E-state index in [-0.39, 0.29) is 18.7 Å². The van der Waals surface area contributed by atoms with Gasteiger partial charge in [-0.15, -0.1) is 0 Å². The Hall–Kier alpha value is -2.39. The third-order valence-electron chi connectivity index (χ3n) is 2.25. The molecule has 0 radical (unpaired) electrons. The highest BCUT2D eigenvalue weighted by molar-refractivity contribution is 5.96. The molecular weight excluding hydrogens is 251 g/mol. The minimum Gasteiger partial charge on any atom is -0.384 e. The molecule has 0 unspecified atom stereocenters. The third-order valence-corrected chi connectivity index (χ3v) is 2.25. The van der Waals surface area contributed by atoms with Crippen molar-refractivity contribution in [2.24, 2.45) is 5.73 Å².